The van der Waals surface area contributed by atoms with Crippen LogP contribution in [0.2, 0.25) is 0 Å². The molecule has 102 valence electrons. The summed E-state index contributed by atoms with van der Waals surface area (Å²) < 4.78 is 0.908. The predicted octanol–water partition coefficient (Wildman–Crippen LogP) is 3.07. The Morgan fingerprint density at radius 1 is 1.20 bits per heavy atom. The molecule has 6 heteroatoms. The van der Waals surface area contributed by atoms with Crippen LogP contribution in [0.25, 0.3) is 0 Å². The molecule has 0 atom stereocenters. The van der Waals surface area contributed by atoms with Crippen LogP contribution in [0.5, 0.6) is 0 Å². The molecule has 1 amide bonds. The van der Waals surface area contributed by atoms with Gasteiger partial charge in [-0.1, -0.05) is 22.0 Å². The summed E-state index contributed by atoms with van der Waals surface area (Å²) in [4.78, 5) is 12.0. The van der Waals surface area contributed by atoms with Crippen molar-refractivity contribution in [2.24, 2.45) is 0 Å². The van der Waals surface area contributed by atoms with Crippen LogP contribution in [0, 0.1) is 0 Å². The number of nitrogens with zero attached hydrogens (tertiary/aromatic N) is 2. The first-order chi connectivity index (χ1) is 9.70. The first-order valence-electron chi connectivity index (χ1n) is 6.38. The highest BCUT2D eigenvalue weighted by molar-refractivity contribution is 9.10. The smallest absolute Gasteiger partial charge is 0.276 e. The third-order valence-electron chi connectivity index (χ3n) is 2.91. The molecule has 20 heavy (non-hydrogen) atoms. The van der Waals surface area contributed by atoms with E-state index in [1.54, 1.807) is 12.1 Å². The molecule has 5 nitrogen and oxygen atoms in total. The van der Waals surface area contributed by atoms with Crippen LogP contribution in [0.15, 0.2) is 40.9 Å². The van der Waals surface area contributed by atoms with Crippen LogP contribution in [0.3, 0.4) is 0 Å². The standard InChI is InChI=1S/C14H13BrN4O/c15-9-2-1-3-11(8-9)17-14(20)12-6-7-13(19-18-12)16-10-4-5-10/h1-3,6-8,10H,4-5H2,(H,16,19)(H,17,20). The second-order valence-corrected chi connectivity index (χ2v) is 5.60. The zero-order valence-corrected chi connectivity index (χ0v) is 12.2. The molecule has 2 aromatic rings. The van der Waals surface area contributed by atoms with Crippen LogP contribution in [0.4, 0.5) is 11.5 Å². The Bertz CT molecular complexity index is 625. The van der Waals surface area contributed by atoms with Gasteiger partial charge in [0.25, 0.3) is 5.91 Å². The Balaban J connectivity index is 1.66. The van der Waals surface area contributed by atoms with Gasteiger partial charge < -0.3 is 10.6 Å². The van der Waals surface area contributed by atoms with E-state index >= 15 is 0 Å². The summed E-state index contributed by atoms with van der Waals surface area (Å²) in [5.41, 5.74) is 1.01. The van der Waals surface area contributed by atoms with Gasteiger partial charge in [0.1, 0.15) is 5.82 Å². The number of rotatable bonds is 4. The molecule has 0 radical (unpaired) electrons. The fourth-order valence-corrected chi connectivity index (χ4v) is 2.13. The summed E-state index contributed by atoms with van der Waals surface area (Å²) >= 11 is 3.36. The molecule has 1 fully saturated rings. The number of hydrogen-bond donors (Lipinski definition) is 2. The van der Waals surface area contributed by atoms with Crippen LogP contribution in [-0.4, -0.2) is 22.1 Å². The minimum Gasteiger partial charge on any atom is -0.366 e. The Labute approximate surface area is 124 Å². The van der Waals surface area contributed by atoms with Gasteiger partial charge in [0.05, 0.1) is 0 Å². The second kappa shape index (κ2) is 5.58. The maximum atomic E-state index is 12.0. The molecule has 1 aromatic heterocycles. The van der Waals surface area contributed by atoms with Crippen molar-refractivity contribution in [2.45, 2.75) is 18.9 Å². The maximum Gasteiger partial charge on any atom is 0.276 e. The number of amides is 1. The fourth-order valence-electron chi connectivity index (χ4n) is 1.73. The Morgan fingerprint density at radius 2 is 2.05 bits per heavy atom. The minimum absolute atomic E-state index is 0.270. The lowest BCUT2D eigenvalue weighted by Crippen LogP contribution is -2.15. The Hall–Kier alpha value is -1.95. The van der Waals surface area contributed by atoms with Crippen molar-refractivity contribution >= 4 is 33.3 Å². The zero-order chi connectivity index (χ0) is 13.9. The number of aromatic nitrogens is 2. The Kier molecular flexibility index (Phi) is 3.64. The van der Waals surface area contributed by atoms with E-state index in [2.05, 4.69) is 36.8 Å². The molecule has 0 saturated heterocycles. The van der Waals surface area contributed by atoms with Crippen molar-refractivity contribution in [3.05, 3.63) is 46.6 Å². The van der Waals surface area contributed by atoms with Gasteiger partial charge >= 0.3 is 0 Å². The Morgan fingerprint density at radius 3 is 2.70 bits per heavy atom. The number of nitrogens with one attached hydrogen (secondary N) is 2. The van der Waals surface area contributed by atoms with Crippen LogP contribution < -0.4 is 10.6 Å². The van der Waals surface area contributed by atoms with Gasteiger partial charge in [-0.3, -0.25) is 4.79 Å². The highest BCUT2D eigenvalue weighted by Gasteiger charge is 2.21. The van der Waals surface area contributed by atoms with Gasteiger partial charge in [0.2, 0.25) is 0 Å². The van der Waals surface area contributed by atoms with E-state index < -0.39 is 0 Å². The number of benzene rings is 1. The maximum absolute atomic E-state index is 12.0. The van der Waals surface area contributed by atoms with E-state index in [1.807, 2.05) is 24.3 Å². The molecule has 3 rings (SSSR count). The summed E-state index contributed by atoms with van der Waals surface area (Å²) in [6.45, 7) is 0. The summed E-state index contributed by atoms with van der Waals surface area (Å²) in [6.07, 6.45) is 2.35. The van der Waals surface area contributed by atoms with Gasteiger partial charge in [-0.15, -0.1) is 10.2 Å². The normalized spacial score (nSPS) is 13.8. The molecule has 0 spiro atoms. The molecule has 1 aliphatic carbocycles. The van der Waals surface area contributed by atoms with Crippen molar-refractivity contribution in [3.63, 3.8) is 0 Å². The van der Waals surface area contributed by atoms with Gasteiger partial charge in [0.15, 0.2) is 5.69 Å². The highest BCUT2D eigenvalue weighted by Crippen LogP contribution is 2.23. The van der Waals surface area contributed by atoms with E-state index in [1.165, 1.54) is 12.8 Å². The average Bonchev–Trinajstić information content (AvgIpc) is 3.23. The summed E-state index contributed by atoms with van der Waals surface area (Å²) in [6, 6.07) is 11.4. The van der Waals surface area contributed by atoms with Gasteiger partial charge in [-0.2, -0.15) is 0 Å². The van der Waals surface area contributed by atoms with Gasteiger partial charge in [-0.25, -0.2) is 0 Å². The third-order valence-corrected chi connectivity index (χ3v) is 3.40. The van der Waals surface area contributed by atoms with E-state index in [0.29, 0.717) is 23.2 Å². The largest absolute Gasteiger partial charge is 0.366 e. The van der Waals surface area contributed by atoms with Crippen LogP contribution in [0.1, 0.15) is 23.3 Å². The number of carbonyl (C=O) groups is 1. The topological polar surface area (TPSA) is 66.9 Å². The summed E-state index contributed by atoms with van der Waals surface area (Å²) in [7, 11) is 0. The highest BCUT2D eigenvalue weighted by atomic mass is 79.9. The summed E-state index contributed by atoms with van der Waals surface area (Å²) in [5.74, 6) is 0.445. The number of anilines is 2. The van der Waals surface area contributed by atoms with E-state index in [-0.39, 0.29) is 5.91 Å². The summed E-state index contributed by atoms with van der Waals surface area (Å²) in [5, 5.41) is 14.0. The monoisotopic (exact) mass is 332 g/mol. The molecular formula is C14H13BrN4O. The van der Waals surface area contributed by atoms with Gasteiger partial charge in [0, 0.05) is 16.2 Å². The predicted molar refractivity (Wildman–Crippen MR) is 80.8 cm³/mol. The molecule has 0 bridgehead atoms. The second-order valence-electron chi connectivity index (χ2n) is 4.69. The molecule has 1 saturated carbocycles. The van der Waals surface area contributed by atoms with Crippen molar-refractivity contribution < 1.29 is 4.79 Å². The average molecular weight is 333 g/mol. The number of halogens is 1. The number of carbonyl (C=O) groups excluding carboxylic acids is 1. The molecule has 0 aliphatic heterocycles. The van der Waals surface area contributed by atoms with E-state index in [4.69, 9.17) is 0 Å². The van der Waals surface area contributed by atoms with Crippen molar-refractivity contribution in [1.82, 2.24) is 10.2 Å². The first-order valence-corrected chi connectivity index (χ1v) is 7.17. The molecular weight excluding hydrogens is 320 g/mol. The molecule has 2 N–H and O–H groups in total. The molecule has 1 heterocycles. The van der Waals surface area contributed by atoms with Crippen LogP contribution >= 0.6 is 15.9 Å². The lowest BCUT2D eigenvalue weighted by atomic mass is 10.3. The third kappa shape index (κ3) is 3.33. The lowest BCUT2D eigenvalue weighted by molar-refractivity contribution is 0.102. The molecule has 0 unspecified atom stereocenters. The van der Waals surface area contributed by atoms with Gasteiger partial charge in [-0.05, 0) is 43.2 Å². The minimum atomic E-state index is -0.270. The molecule has 1 aromatic carbocycles. The molecule has 1 aliphatic rings. The fraction of sp³-hybridized carbons (Fsp3) is 0.214. The lowest BCUT2D eigenvalue weighted by Gasteiger charge is -2.06. The van der Waals surface area contributed by atoms with Crippen molar-refractivity contribution in [2.75, 3.05) is 10.6 Å². The van der Waals surface area contributed by atoms with E-state index in [0.717, 1.165) is 4.47 Å². The SMILES string of the molecule is O=C(Nc1cccc(Br)c1)c1ccc(NC2CC2)nn1. The first kappa shape index (κ1) is 13.1. The van der Waals surface area contributed by atoms with Crippen LogP contribution in [-0.2, 0) is 0 Å². The van der Waals surface area contributed by atoms with Crippen molar-refractivity contribution in [1.29, 1.82) is 0 Å². The van der Waals surface area contributed by atoms with E-state index in [9.17, 15) is 4.79 Å². The van der Waals surface area contributed by atoms with Crippen molar-refractivity contribution in [3.8, 4) is 0 Å². The zero-order valence-electron chi connectivity index (χ0n) is 10.6. The quantitative estimate of drug-likeness (QED) is 0.902. The number of hydrogen-bond acceptors (Lipinski definition) is 4.